The number of carbonyl (C=O) groups is 3. The summed E-state index contributed by atoms with van der Waals surface area (Å²) in [7, 11) is 0. The van der Waals surface area contributed by atoms with Gasteiger partial charge in [-0.15, -0.1) is 0 Å². The third-order valence-corrected chi connectivity index (χ3v) is 14.3. The maximum atomic E-state index is 14.6. The monoisotopic (exact) mass is 582 g/mol. The van der Waals surface area contributed by atoms with Gasteiger partial charge < -0.3 is 5.32 Å². The standard InChI is InChI=1S/C36H58N2O4/c1-11-38(42-12-2)30(41)33(7)18-17-32(6)19-20-35(9)24(25(32)22-33)21-26(40)29-34(8)15-14-28(37-23(3)39)31(4,5)27(34)13-16-36(29,35)10/h21,25,27-29H,11-20,22H2,1-10H3,(H,37,39)/t25-,27?,28-,29+,32+,33-,34-,35+,36+/m0/s1. The molecular weight excluding hydrogens is 524 g/mol. The van der Waals surface area contributed by atoms with E-state index in [0.29, 0.717) is 24.9 Å². The second-order valence-corrected chi connectivity index (χ2v) is 16.8. The van der Waals surface area contributed by atoms with Crippen LogP contribution in [0.1, 0.15) is 127 Å². The summed E-state index contributed by atoms with van der Waals surface area (Å²) in [6, 6.07) is 0.144. The first-order valence-corrected chi connectivity index (χ1v) is 16.9. The Labute approximate surface area is 255 Å². The SMILES string of the molecule is CCON(CC)C(=O)[C@@]1(C)CC[C@]2(C)CC[C@]3(C)C(=CC(=O)[C@@H]4[C@@]5(C)CC[C@H](NC(C)=O)C(C)(C)C5CC[C@]43C)[C@@H]2C1. The van der Waals surface area contributed by atoms with Gasteiger partial charge in [0, 0.05) is 30.8 Å². The van der Waals surface area contributed by atoms with Crippen LogP contribution in [0, 0.1) is 50.2 Å². The van der Waals surface area contributed by atoms with Crippen molar-refractivity contribution in [3.05, 3.63) is 11.6 Å². The van der Waals surface area contributed by atoms with Crippen LogP contribution in [-0.4, -0.2) is 41.9 Å². The van der Waals surface area contributed by atoms with Crippen LogP contribution < -0.4 is 5.32 Å². The molecule has 9 atom stereocenters. The molecule has 0 aliphatic heterocycles. The van der Waals surface area contributed by atoms with Gasteiger partial charge in [0.25, 0.3) is 5.91 Å². The predicted octanol–water partition coefficient (Wildman–Crippen LogP) is 7.27. The van der Waals surface area contributed by atoms with Crippen molar-refractivity contribution in [2.24, 2.45) is 50.2 Å². The maximum absolute atomic E-state index is 14.6. The van der Waals surface area contributed by atoms with E-state index in [-0.39, 0.29) is 56.8 Å². The number of fused-ring (bicyclic) bond motifs is 7. The lowest BCUT2D eigenvalue weighted by molar-refractivity contribution is -0.201. The molecule has 4 saturated carbocycles. The Morgan fingerprint density at radius 1 is 0.952 bits per heavy atom. The number of allylic oxidation sites excluding steroid dienone is 2. The topological polar surface area (TPSA) is 75.7 Å². The summed E-state index contributed by atoms with van der Waals surface area (Å²) < 4.78 is 0. The van der Waals surface area contributed by atoms with Crippen molar-refractivity contribution in [3.63, 3.8) is 0 Å². The highest BCUT2D eigenvalue weighted by Gasteiger charge is 2.70. The number of nitrogens with zero attached hydrogens (tertiary/aromatic N) is 1. The van der Waals surface area contributed by atoms with Gasteiger partial charge in [0.1, 0.15) is 0 Å². The van der Waals surface area contributed by atoms with E-state index in [2.05, 4.69) is 59.9 Å². The predicted molar refractivity (Wildman–Crippen MR) is 166 cm³/mol. The van der Waals surface area contributed by atoms with Crippen LogP contribution in [0.2, 0.25) is 0 Å². The van der Waals surface area contributed by atoms with Crippen molar-refractivity contribution < 1.29 is 19.2 Å². The zero-order chi connectivity index (χ0) is 31.1. The lowest BCUT2D eigenvalue weighted by atomic mass is 9.33. The highest BCUT2D eigenvalue weighted by molar-refractivity contribution is 5.95. The van der Waals surface area contributed by atoms with Crippen LogP contribution >= 0.6 is 0 Å². The maximum Gasteiger partial charge on any atom is 0.252 e. The Bertz CT molecular complexity index is 1180. The molecule has 6 nitrogen and oxygen atoms in total. The molecule has 42 heavy (non-hydrogen) atoms. The van der Waals surface area contributed by atoms with Gasteiger partial charge in [-0.3, -0.25) is 19.2 Å². The summed E-state index contributed by atoms with van der Waals surface area (Å²) in [5.41, 5.74) is 0.566. The van der Waals surface area contributed by atoms with Gasteiger partial charge in [-0.1, -0.05) is 54.0 Å². The molecule has 0 aromatic heterocycles. The number of hydrogen-bond acceptors (Lipinski definition) is 4. The minimum atomic E-state index is -0.495. The van der Waals surface area contributed by atoms with Gasteiger partial charge in [-0.25, -0.2) is 5.06 Å². The van der Waals surface area contributed by atoms with Crippen LogP contribution in [0.25, 0.3) is 0 Å². The smallest absolute Gasteiger partial charge is 0.252 e. The van der Waals surface area contributed by atoms with Crippen molar-refractivity contribution in [3.8, 4) is 0 Å². The molecule has 0 saturated heterocycles. The molecule has 4 fully saturated rings. The minimum Gasteiger partial charge on any atom is -0.353 e. The minimum absolute atomic E-state index is 0.0236. The Morgan fingerprint density at radius 3 is 2.24 bits per heavy atom. The van der Waals surface area contributed by atoms with Gasteiger partial charge >= 0.3 is 0 Å². The molecule has 0 radical (unpaired) electrons. The van der Waals surface area contributed by atoms with E-state index < -0.39 is 5.41 Å². The molecule has 1 unspecified atom stereocenters. The fourth-order valence-electron chi connectivity index (χ4n) is 11.6. The van der Waals surface area contributed by atoms with Gasteiger partial charge in [-0.2, -0.15) is 0 Å². The molecule has 6 heteroatoms. The van der Waals surface area contributed by atoms with Gasteiger partial charge in [0.15, 0.2) is 5.78 Å². The van der Waals surface area contributed by atoms with E-state index in [1.54, 1.807) is 12.0 Å². The van der Waals surface area contributed by atoms with Gasteiger partial charge in [-0.05, 0) is 117 Å². The number of rotatable bonds is 5. The number of carbonyl (C=O) groups excluding carboxylic acids is 3. The second-order valence-electron chi connectivity index (χ2n) is 16.8. The zero-order valence-electron chi connectivity index (χ0n) is 28.2. The van der Waals surface area contributed by atoms with E-state index in [9.17, 15) is 14.4 Å². The number of hydrogen-bond donors (Lipinski definition) is 1. The molecular formula is C36H58N2O4. The Kier molecular flexibility index (Phi) is 7.68. The Balaban J connectivity index is 1.54. The second kappa shape index (κ2) is 10.2. The molecule has 1 N–H and O–H groups in total. The molecule has 5 aliphatic rings. The normalized spacial score (nSPS) is 45.9. The van der Waals surface area contributed by atoms with Crippen molar-refractivity contribution >= 4 is 17.6 Å². The summed E-state index contributed by atoms with van der Waals surface area (Å²) >= 11 is 0. The third-order valence-electron chi connectivity index (χ3n) is 14.3. The van der Waals surface area contributed by atoms with E-state index in [1.165, 1.54) is 5.57 Å². The lowest BCUT2D eigenvalue weighted by Gasteiger charge is -2.70. The number of ketones is 1. The summed E-state index contributed by atoms with van der Waals surface area (Å²) in [5.74, 6) is 1.03. The highest BCUT2D eigenvalue weighted by atomic mass is 16.7. The van der Waals surface area contributed by atoms with E-state index in [1.807, 2.05) is 13.8 Å². The first kappa shape index (κ1) is 31.7. The molecule has 236 valence electrons. The fourth-order valence-corrected chi connectivity index (χ4v) is 11.6. The van der Waals surface area contributed by atoms with Crippen molar-refractivity contribution in [2.45, 2.75) is 133 Å². The molecule has 0 aromatic rings. The molecule has 0 heterocycles. The first-order chi connectivity index (χ1) is 19.4. The first-order valence-electron chi connectivity index (χ1n) is 16.9. The van der Waals surface area contributed by atoms with Crippen LogP contribution in [0.3, 0.4) is 0 Å². The lowest BCUT2D eigenvalue weighted by Crippen LogP contribution is -2.67. The summed E-state index contributed by atoms with van der Waals surface area (Å²) in [6.45, 7) is 23.1. The quantitative estimate of drug-likeness (QED) is 0.346. The largest absolute Gasteiger partial charge is 0.353 e. The molecule has 2 amide bonds. The Morgan fingerprint density at radius 2 is 1.62 bits per heavy atom. The summed E-state index contributed by atoms with van der Waals surface area (Å²) in [5, 5.41) is 4.84. The average molecular weight is 583 g/mol. The fraction of sp³-hybridized carbons (Fsp3) is 0.861. The molecule has 5 aliphatic carbocycles. The zero-order valence-corrected chi connectivity index (χ0v) is 28.2. The highest BCUT2D eigenvalue weighted by Crippen LogP contribution is 2.75. The van der Waals surface area contributed by atoms with E-state index in [4.69, 9.17) is 4.84 Å². The number of nitrogens with one attached hydrogen (secondary N) is 1. The van der Waals surface area contributed by atoms with Crippen molar-refractivity contribution in [1.82, 2.24) is 10.4 Å². The van der Waals surface area contributed by atoms with Crippen LogP contribution in [0.5, 0.6) is 0 Å². The summed E-state index contributed by atoms with van der Waals surface area (Å²) in [6.07, 6.45) is 11.0. The average Bonchev–Trinajstić information content (AvgIpc) is 2.90. The number of hydroxylamine groups is 2. The van der Waals surface area contributed by atoms with Crippen LogP contribution in [0.4, 0.5) is 0 Å². The molecule has 0 aromatic carbocycles. The van der Waals surface area contributed by atoms with Crippen LogP contribution in [-0.2, 0) is 19.2 Å². The molecule has 0 spiro atoms. The Hall–Kier alpha value is -1.69. The van der Waals surface area contributed by atoms with Gasteiger partial charge in [0.2, 0.25) is 5.91 Å². The molecule has 5 rings (SSSR count). The van der Waals surface area contributed by atoms with Crippen molar-refractivity contribution in [1.29, 1.82) is 0 Å². The van der Waals surface area contributed by atoms with Crippen molar-refractivity contribution in [2.75, 3.05) is 13.2 Å². The summed E-state index contributed by atoms with van der Waals surface area (Å²) in [4.78, 5) is 46.3. The third kappa shape index (κ3) is 4.30. The molecule has 0 bridgehead atoms. The van der Waals surface area contributed by atoms with Gasteiger partial charge in [0.05, 0.1) is 6.61 Å². The van der Waals surface area contributed by atoms with E-state index in [0.717, 1.165) is 57.8 Å². The van der Waals surface area contributed by atoms with Crippen LogP contribution in [0.15, 0.2) is 11.6 Å². The number of amides is 2. The van der Waals surface area contributed by atoms with E-state index >= 15 is 0 Å².